The van der Waals surface area contributed by atoms with Crippen molar-refractivity contribution in [1.82, 2.24) is 9.78 Å². The molecule has 1 saturated carbocycles. The van der Waals surface area contributed by atoms with E-state index in [1.165, 1.54) is 0 Å². The Hall–Kier alpha value is -0.680. The second kappa shape index (κ2) is 4.30. The highest BCUT2D eigenvalue weighted by Gasteiger charge is 2.43. The number of methoxy groups -OCH3 is 1. The van der Waals surface area contributed by atoms with Gasteiger partial charge in [0.05, 0.1) is 10.7 Å². The van der Waals surface area contributed by atoms with E-state index in [0.29, 0.717) is 5.69 Å². The van der Waals surface area contributed by atoms with Crippen LogP contribution in [0.15, 0.2) is 10.7 Å². The summed E-state index contributed by atoms with van der Waals surface area (Å²) in [7, 11) is 3.39. The van der Waals surface area contributed by atoms with E-state index >= 15 is 0 Å². The number of Topliss-reactive ketones (excluding diaryl/α,β-unsaturated/α-hetero) is 1. The predicted octanol–water partition coefficient (Wildman–Crippen LogP) is 2.32. The van der Waals surface area contributed by atoms with E-state index in [4.69, 9.17) is 4.74 Å². The van der Waals surface area contributed by atoms with Crippen molar-refractivity contribution in [3.63, 3.8) is 0 Å². The highest BCUT2D eigenvalue weighted by atomic mass is 79.9. The van der Waals surface area contributed by atoms with Crippen LogP contribution in [0.25, 0.3) is 0 Å². The molecule has 88 valence electrons. The molecule has 1 aliphatic rings. The molecule has 1 fully saturated rings. The van der Waals surface area contributed by atoms with Crippen LogP contribution < -0.4 is 0 Å². The lowest BCUT2D eigenvalue weighted by Gasteiger charge is -2.25. The first-order valence-corrected chi connectivity index (χ1v) is 6.17. The molecule has 1 aliphatic carbocycles. The summed E-state index contributed by atoms with van der Waals surface area (Å²) in [6, 6.07) is 0. The van der Waals surface area contributed by atoms with E-state index in [2.05, 4.69) is 21.0 Å². The molecule has 5 heteroatoms. The van der Waals surface area contributed by atoms with Gasteiger partial charge in [-0.1, -0.05) is 0 Å². The van der Waals surface area contributed by atoms with Crippen LogP contribution in [0.1, 0.15) is 36.2 Å². The number of rotatable bonds is 3. The van der Waals surface area contributed by atoms with Gasteiger partial charge in [-0.2, -0.15) is 5.10 Å². The largest absolute Gasteiger partial charge is 0.370 e. The van der Waals surface area contributed by atoms with E-state index in [1.807, 2.05) is 0 Å². The minimum atomic E-state index is -0.629. The molecular formula is C11H15BrN2O2. The van der Waals surface area contributed by atoms with Crippen molar-refractivity contribution in [3.8, 4) is 0 Å². The lowest BCUT2D eigenvalue weighted by molar-refractivity contribution is 0.00516. The van der Waals surface area contributed by atoms with Crippen molar-refractivity contribution in [1.29, 1.82) is 0 Å². The molecule has 4 nitrogen and oxygen atoms in total. The Morgan fingerprint density at radius 1 is 1.56 bits per heavy atom. The average Bonchev–Trinajstić information content (AvgIpc) is 2.86. The number of ketones is 1. The normalized spacial score (nSPS) is 18.9. The molecule has 1 heterocycles. The lowest BCUT2D eigenvalue weighted by Crippen LogP contribution is -2.39. The summed E-state index contributed by atoms with van der Waals surface area (Å²) in [5.74, 6) is 0.0411. The van der Waals surface area contributed by atoms with Crippen molar-refractivity contribution >= 4 is 21.7 Å². The molecule has 1 aromatic heterocycles. The fourth-order valence-electron chi connectivity index (χ4n) is 2.35. The lowest BCUT2D eigenvalue weighted by atomic mass is 9.94. The van der Waals surface area contributed by atoms with Crippen LogP contribution in [0.5, 0.6) is 0 Å². The third-order valence-corrected chi connectivity index (χ3v) is 3.91. The minimum Gasteiger partial charge on any atom is -0.370 e. The van der Waals surface area contributed by atoms with Crippen LogP contribution in [-0.2, 0) is 11.8 Å². The fraction of sp³-hybridized carbons (Fsp3) is 0.636. The molecule has 1 aromatic rings. The second-order valence-corrected chi connectivity index (χ2v) is 5.05. The van der Waals surface area contributed by atoms with Crippen LogP contribution in [0, 0.1) is 0 Å². The van der Waals surface area contributed by atoms with Crippen molar-refractivity contribution in [2.75, 3.05) is 7.11 Å². The first-order valence-electron chi connectivity index (χ1n) is 5.38. The quantitative estimate of drug-likeness (QED) is 0.801. The summed E-state index contributed by atoms with van der Waals surface area (Å²) in [4.78, 5) is 12.5. The zero-order valence-electron chi connectivity index (χ0n) is 9.49. The Labute approximate surface area is 103 Å². The van der Waals surface area contributed by atoms with Gasteiger partial charge in [-0.25, -0.2) is 0 Å². The third-order valence-electron chi connectivity index (χ3n) is 3.32. The van der Waals surface area contributed by atoms with E-state index in [0.717, 1.165) is 30.2 Å². The summed E-state index contributed by atoms with van der Waals surface area (Å²) in [5, 5.41) is 4.07. The van der Waals surface area contributed by atoms with Crippen molar-refractivity contribution in [2.24, 2.45) is 7.05 Å². The average molecular weight is 287 g/mol. The number of halogens is 1. The number of carbonyl (C=O) groups is 1. The van der Waals surface area contributed by atoms with Gasteiger partial charge in [0.15, 0.2) is 0 Å². The van der Waals surface area contributed by atoms with E-state index in [9.17, 15) is 4.79 Å². The van der Waals surface area contributed by atoms with Crippen LogP contribution in [0.2, 0.25) is 0 Å². The molecule has 0 bridgehead atoms. The standard InChI is InChI=1S/C11H15BrN2O2/c1-14-9(8(12)7-13-14)10(15)11(16-2)5-3-4-6-11/h7H,3-6H2,1-2H3. The summed E-state index contributed by atoms with van der Waals surface area (Å²) in [5.41, 5.74) is -0.0280. The van der Waals surface area contributed by atoms with E-state index in [1.54, 1.807) is 25.0 Å². The Balaban J connectivity index is 2.38. The first-order chi connectivity index (χ1) is 7.60. The molecule has 0 atom stereocenters. The topological polar surface area (TPSA) is 44.1 Å². The fourth-order valence-corrected chi connectivity index (χ4v) is 2.88. The molecule has 0 spiro atoms. The van der Waals surface area contributed by atoms with Crippen LogP contribution in [0.4, 0.5) is 0 Å². The molecule has 0 radical (unpaired) electrons. The highest BCUT2D eigenvalue weighted by Crippen LogP contribution is 2.36. The molecule has 16 heavy (non-hydrogen) atoms. The Morgan fingerprint density at radius 3 is 2.62 bits per heavy atom. The van der Waals surface area contributed by atoms with Gasteiger partial charge in [0, 0.05) is 14.2 Å². The minimum absolute atomic E-state index is 0.0411. The Kier molecular flexibility index (Phi) is 3.17. The number of nitrogens with zero attached hydrogens (tertiary/aromatic N) is 2. The van der Waals surface area contributed by atoms with Gasteiger partial charge in [0.2, 0.25) is 5.78 Å². The molecule has 0 saturated heterocycles. The van der Waals surface area contributed by atoms with Crippen LogP contribution >= 0.6 is 15.9 Å². The number of hydrogen-bond acceptors (Lipinski definition) is 3. The molecule has 0 amide bonds. The number of aryl methyl sites for hydroxylation is 1. The molecule has 0 aromatic carbocycles. The number of ether oxygens (including phenoxy) is 1. The smallest absolute Gasteiger partial charge is 0.213 e. The zero-order chi connectivity index (χ0) is 11.8. The van der Waals surface area contributed by atoms with Gasteiger partial charge in [-0.15, -0.1) is 0 Å². The predicted molar refractivity (Wildman–Crippen MR) is 63.4 cm³/mol. The number of aromatic nitrogens is 2. The molecule has 0 unspecified atom stereocenters. The maximum atomic E-state index is 12.5. The van der Waals surface area contributed by atoms with Crippen LogP contribution in [-0.4, -0.2) is 28.3 Å². The van der Waals surface area contributed by atoms with Gasteiger partial charge in [0.1, 0.15) is 11.3 Å². The summed E-state index contributed by atoms with van der Waals surface area (Å²) in [6.07, 6.45) is 5.36. The summed E-state index contributed by atoms with van der Waals surface area (Å²) < 4.78 is 7.82. The third kappa shape index (κ3) is 1.72. The monoisotopic (exact) mass is 286 g/mol. The number of hydrogen-bond donors (Lipinski definition) is 0. The molecule has 0 aliphatic heterocycles. The zero-order valence-corrected chi connectivity index (χ0v) is 11.1. The number of carbonyl (C=O) groups excluding carboxylic acids is 1. The second-order valence-electron chi connectivity index (χ2n) is 4.20. The summed E-state index contributed by atoms with van der Waals surface area (Å²) in [6.45, 7) is 0. The first kappa shape index (κ1) is 11.8. The van der Waals surface area contributed by atoms with E-state index < -0.39 is 5.60 Å². The highest BCUT2D eigenvalue weighted by molar-refractivity contribution is 9.10. The maximum absolute atomic E-state index is 12.5. The van der Waals surface area contributed by atoms with Crippen molar-refractivity contribution in [2.45, 2.75) is 31.3 Å². The molecule has 2 rings (SSSR count). The van der Waals surface area contributed by atoms with Crippen molar-refractivity contribution in [3.05, 3.63) is 16.4 Å². The van der Waals surface area contributed by atoms with Gasteiger partial charge >= 0.3 is 0 Å². The van der Waals surface area contributed by atoms with Gasteiger partial charge in [-0.05, 0) is 41.6 Å². The SMILES string of the molecule is COC1(C(=O)c2c(Br)cnn2C)CCCC1. The van der Waals surface area contributed by atoms with Crippen molar-refractivity contribution < 1.29 is 9.53 Å². The van der Waals surface area contributed by atoms with E-state index in [-0.39, 0.29) is 5.78 Å². The van der Waals surface area contributed by atoms with Gasteiger partial charge < -0.3 is 4.74 Å². The van der Waals surface area contributed by atoms with Crippen LogP contribution in [0.3, 0.4) is 0 Å². The Bertz CT molecular complexity index is 389. The molecule has 0 N–H and O–H groups in total. The maximum Gasteiger partial charge on any atom is 0.213 e. The van der Waals surface area contributed by atoms with Gasteiger partial charge in [0.25, 0.3) is 0 Å². The summed E-state index contributed by atoms with van der Waals surface area (Å²) >= 11 is 3.36. The molecular weight excluding hydrogens is 272 g/mol. The Morgan fingerprint density at radius 2 is 2.19 bits per heavy atom. The van der Waals surface area contributed by atoms with Gasteiger partial charge in [-0.3, -0.25) is 9.48 Å².